The molecule has 0 saturated carbocycles. The van der Waals surface area contributed by atoms with Crippen molar-refractivity contribution in [2.45, 2.75) is 6.42 Å². The van der Waals surface area contributed by atoms with Gasteiger partial charge in [0, 0.05) is 5.56 Å². The summed E-state index contributed by atoms with van der Waals surface area (Å²) in [6.07, 6.45) is 1.91. The van der Waals surface area contributed by atoms with Gasteiger partial charge in [0.25, 0.3) is 0 Å². The van der Waals surface area contributed by atoms with Crippen LogP contribution in [-0.2, 0) is 11.2 Å². The van der Waals surface area contributed by atoms with Crippen LogP contribution in [0.4, 0.5) is 0 Å². The fourth-order valence-electron chi connectivity index (χ4n) is 3.41. The number of rotatable bonds is 5. The van der Waals surface area contributed by atoms with E-state index in [1.807, 2.05) is 78.9 Å². The van der Waals surface area contributed by atoms with Crippen molar-refractivity contribution in [2.24, 2.45) is 5.10 Å². The lowest BCUT2D eigenvalue weighted by Gasteiger charge is -2.08. The van der Waals surface area contributed by atoms with Gasteiger partial charge in [-0.1, -0.05) is 72.8 Å². The predicted octanol–water partition coefficient (Wildman–Crippen LogP) is 4.69. The van der Waals surface area contributed by atoms with Crippen molar-refractivity contribution in [1.82, 2.24) is 5.43 Å². The van der Waals surface area contributed by atoms with Crippen molar-refractivity contribution in [3.63, 3.8) is 0 Å². The molecule has 4 heteroatoms. The summed E-state index contributed by atoms with van der Waals surface area (Å²) in [6.45, 7) is 0. The molecule has 0 aliphatic carbocycles. The number of nitrogens with one attached hydrogen (secondary N) is 1. The SMILES string of the molecule is COc1ccc2ccccc2c1C=NNC(=O)Cc1cccc2ccccc12. The monoisotopic (exact) mass is 368 g/mol. The Morgan fingerprint density at radius 2 is 1.57 bits per heavy atom. The van der Waals surface area contributed by atoms with E-state index in [2.05, 4.69) is 10.5 Å². The van der Waals surface area contributed by atoms with E-state index in [9.17, 15) is 4.79 Å². The van der Waals surface area contributed by atoms with Crippen molar-refractivity contribution in [3.05, 3.63) is 90.0 Å². The first-order valence-corrected chi connectivity index (χ1v) is 9.10. The number of hydrazone groups is 1. The van der Waals surface area contributed by atoms with Crippen molar-refractivity contribution in [2.75, 3.05) is 7.11 Å². The molecule has 4 nitrogen and oxygen atoms in total. The van der Waals surface area contributed by atoms with Crippen LogP contribution in [0.5, 0.6) is 5.75 Å². The molecule has 0 aliphatic rings. The highest BCUT2D eigenvalue weighted by atomic mass is 16.5. The number of hydrogen-bond donors (Lipinski definition) is 1. The molecule has 0 fully saturated rings. The van der Waals surface area contributed by atoms with Crippen LogP contribution in [0.2, 0.25) is 0 Å². The maximum absolute atomic E-state index is 12.4. The smallest absolute Gasteiger partial charge is 0.244 e. The van der Waals surface area contributed by atoms with Gasteiger partial charge in [-0.05, 0) is 33.2 Å². The summed E-state index contributed by atoms with van der Waals surface area (Å²) in [5.41, 5.74) is 4.45. The van der Waals surface area contributed by atoms with Gasteiger partial charge in [0.2, 0.25) is 5.91 Å². The number of fused-ring (bicyclic) bond motifs is 2. The first kappa shape index (κ1) is 17.7. The van der Waals surface area contributed by atoms with E-state index >= 15 is 0 Å². The number of ether oxygens (including phenoxy) is 1. The Kier molecular flexibility index (Phi) is 5.02. The van der Waals surface area contributed by atoms with Gasteiger partial charge in [0.1, 0.15) is 5.75 Å². The van der Waals surface area contributed by atoms with Crippen molar-refractivity contribution in [1.29, 1.82) is 0 Å². The number of carbonyl (C=O) groups is 1. The summed E-state index contributed by atoms with van der Waals surface area (Å²) < 4.78 is 5.45. The Labute approximate surface area is 163 Å². The predicted molar refractivity (Wildman–Crippen MR) is 114 cm³/mol. The molecule has 4 rings (SSSR count). The van der Waals surface area contributed by atoms with Gasteiger partial charge in [0.15, 0.2) is 0 Å². The highest BCUT2D eigenvalue weighted by Crippen LogP contribution is 2.26. The standard InChI is InChI=1S/C24H20N2O2/c1-28-23-14-13-18-8-3-5-12-21(18)22(23)16-25-26-24(27)15-19-10-6-9-17-7-2-4-11-20(17)19/h2-14,16H,15H2,1H3,(H,26,27). The fourth-order valence-corrected chi connectivity index (χ4v) is 3.41. The maximum Gasteiger partial charge on any atom is 0.244 e. The largest absolute Gasteiger partial charge is 0.496 e. The molecule has 0 radical (unpaired) electrons. The molecule has 0 atom stereocenters. The van der Waals surface area contributed by atoms with Crippen molar-refractivity contribution >= 4 is 33.7 Å². The molecule has 0 saturated heterocycles. The van der Waals surface area contributed by atoms with Crippen LogP contribution in [0.1, 0.15) is 11.1 Å². The summed E-state index contributed by atoms with van der Waals surface area (Å²) in [6, 6.07) is 25.9. The van der Waals surface area contributed by atoms with E-state index in [4.69, 9.17) is 4.74 Å². The average molecular weight is 368 g/mol. The minimum atomic E-state index is -0.160. The molecule has 1 N–H and O–H groups in total. The number of benzene rings is 4. The van der Waals surface area contributed by atoms with Crippen LogP contribution in [0.15, 0.2) is 84.0 Å². The number of methoxy groups -OCH3 is 1. The highest BCUT2D eigenvalue weighted by molar-refractivity contribution is 6.02. The molecule has 138 valence electrons. The summed E-state index contributed by atoms with van der Waals surface area (Å²) >= 11 is 0. The molecule has 4 aromatic rings. The van der Waals surface area contributed by atoms with Gasteiger partial charge in [0.05, 0.1) is 19.7 Å². The van der Waals surface area contributed by atoms with Gasteiger partial charge in [-0.25, -0.2) is 5.43 Å². The van der Waals surface area contributed by atoms with Crippen LogP contribution < -0.4 is 10.2 Å². The topological polar surface area (TPSA) is 50.7 Å². The average Bonchev–Trinajstić information content (AvgIpc) is 2.74. The van der Waals surface area contributed by atoms with Gasteiger partial charge in [-0.3, -0.25) is 4.79 Å². The molecule has 4 aromatic carbocycles. The van der Waals surface area contributed by atoms with E-state index < -0.39 is 0 Å². The summed E-state index contributed by atoms with van der Waals surface area (Å²) in [5.74, 6) is 0.553. The second-order valence-electron chi connectivity index (χ2n) is 6.51. The third-order valence-electron chi connectivity index (χ3n) is 4.76. The molecule has 0 spiro atoms. The van der Waals surface area contributed by atoms with Gasteiger partial charge >= 0.3 is 0 Å². The van der Waals surface area contributed by atoms with E-state index in [1.165, 1.54) is 0 Å². The van der Waals surface area contributed by atoms with Gasteiger partial charge in [-0.2, -0.15) is 5.10 Å². The lowest BCUT2D eigenvalue weighted by molar-refractivity contribution is -0.120. The summed E-state index contributed by atoms with van der Waals surface area (Å²) in [4.78, 5) is 12.4. The summed E-state index contributed by atoms with van der Waals surface area (Å²) in [5, 5.41) is 8.49. The molecule has 0 aliphatic heterocycles. The van der Waals surface area contributed by atoms with Crippen molar-refractivity contribution < 1.29 is 9.53 Å². The molecular weight excluding hydrogens is 348 g/mol. The Hall–Kier alpha value is -3.66. The zero-order valence-electron chi connectivity index (χ0n) is 15.6. The van der Waals surface area contributed by atoms with Gasteiger partial charge < -0.3 is 4.74 Å². The summed E-state index contributed by atoms with van der Waals surface area (Å²) in [7, 11) is 1.63. The number of nitrogens with zero attached hydrogens (tertiary/aromatic N) is 1. The molecule has 0 bridgehead atoms. The minimum absolute atomic E-state index is 0.160. The van der Waals surface area contributed by atoms with Crippen LogP contribution in [0.25, 0.3) is 21.5 Å². The first-order valence-electron chi connectivity index (χ1n) is 9.10. The third kappa shape index (κ3) is 3.58. The highest BCUT2D eigenvalue weighted by Gasteiger charge is 2.08. The maximum atomic E-state index is 12.4. The Morgan fingerprint density at radius 1 is 0.893 bits per heavy atom. The number of carbonyl (C=O) groups excluding carboxylic acids is 1. The molecule has 0 unspecified atom stereocenters. The van der Waals surface area contributed by atoms with E-state index in [0.29, 0.717) is 5.75 Å². The lowest BCUT2D eigenvalue weighted by atomic mass is 10.0. The minimum Gasteiger partial charge on any atom is -0.496 e. The Balaban J connectivity index is 1.54. The first-order chi connectivity index (χ1) is 13.8. The third-order valence-corrected chi connectivity index (χ3v) is 4.76. The van der Waals surface area contributed by atoms with Crippen molar-refractivity contribution in [3.8, 4) is 5.75 Å². The van der Waals surface area contributed by atoms with Crippen LogP contribution in [-0.4, -0.2) is 19.2 Å². The normalized spacial score (nSPS) is 11.2. The van der Waals surface area contributed by atoms with E-state index in [0.717, 1.165) is 32.7 Å². The fraction of sp³-hybridized carbons (Fsp3) is 0.0833. The lowest BCUT2D eigenvalue weighted by Crippen LogP contribution is -2.20. The van der Waals surface area contributed by atoms with E-state index in [-0.39, 0.29) is 12.3 Å². The second-order valence-corrected chi connectivity index (χ2v) is 6.51. The van der Waals surface area contributed by atoms with Crippen LogP contribution >= 0.6 is 0 Å². The molecule has 28 heavy (non-hydrogen) atoms. The Bertz CT molecular complexity index is 1180. The number of amides is 1. The van der Waals surface area contributed by atoms with E-state index in [1.54, 1.807) is 13.3 Å². The molecular formula is C24H20N2O2. The second kappa shape index (κ2) is 7.92. The zero-order valence-corrected chi connectivity index (χ0v) is 15.6. The number of hydrogen-bond acceptors (Lipinski definition) is 3. The molecule has 1 amide bonds. The molecule has 0 heterocycles. The van der Waals surface area contributed by atoms with Gasteiger partial charge in [-0.15, -0.1) is 0 Å². The molecule has 0 aromatic heterocycles. The zero-order chi connectivity index (χ0) is 19.3. The van der Waals surface area contributed by atoms with Crippen LogP contribution in [0.3, 0.4) is 0 Å². The Morgan fingerprint density at radius 3 is 2.36 bits per heavy atom. The quantitative estimate of drug-likeness (QED) is 0.410. The van der Waals surface area contributed by atoms with Crippen LogP contribution in [0, 0.1) is 0 Å².